The Kier molecular flexibility index (Phi) is 14.7. The zero-order valence-corrected chi connectivity index (χ0v) is 30.6. The molecule has 2 aromatic rings. The van der Waals surface area contributed by atoms with Crippen LogP contribution in [0.3, 0.4) is 0 Å². The van der Waals surface area contributed by atoms with Crippen LogP contribution in [0.15, 0.2) is 53.2 Å². The fourth-order valence-corrected chi connectivity index (χ4v) is 6.01. The molecule has 0 bridgehead atoms. The molecule has 2 aliphatic rings. The number of halogens is 1. The summed E-state index contributed by atoms with van der Waals surface area (Å²) in [6.45, 7) is 26.5. The molecule has 5 nitrogen and oxygen atoms in total. The summed E-state index contributed by atoms with van der Waals surface area (Å²) in [6, 6.07) is 12.3. The molecule has 0 aliphatic carbocycles. The molecule has 0 aromatic heterocycles. The Morgan fingerprint density at radius 2 is 1.59 bits per heavy atom. The molecule has 0 amide bonds. The molecule has 0 atom stereocenters. The molecule has 1 fully saturated rings. The van der Waals surface area contributed by atoms with E-state index in [1.165, 1.54) is 27.8 Å². The lowest BCUT2D eigenvalue weighted by atomic mass is 9.81. The fourth-order valence-electron chi connectivity index (χ4n) is 6.01. The monoisotopic (exact) mass is 636 g/mol. The van der Waals surface area contributed by atoms with Crippen molar-refractivity contribution in [2.75, 3.05) is 19.6 Å². The standard InChI is InChI=1S/C34H45FN2O2.C4H10O.C2H6/c1-7-26(20-31(38)39)33(37-16-13-34(5,6)14-17-37)32(23(2)3)28-10-11-29-22-36(15-12-27(29)19-28)21-25-9-8-24(4)30(35)18-25;1-4(2,3)5;1-2/h8-11,18-19H,7,12-17,20-22H2,1-6H3,(H,38,39);5H,1-3H3;1-2H3/b33-26-;;. The van der Waals surface area contributed by atoms with E-state index in [4.69, 9.17) is 5.11 Å². The van der Waals surface area contributed by atoms with Crippen molar-refractivity contribution in [3.8, 4) is 0 Å². The third-order valence-electron chi connectivity index (χ3n) is 8.52. The van der Waals surface area contributed by atoms with Crippen LogP contribution in [0.5, 0.6) is 0 Å². The van der Waals surface area contributed by atoms with E-state index >= 15 is 0 Å². The highest BCUT2D eigenvalue weighted by Gasteiger charge is 2.30. The number of piperidine rings is 1. The summed E-state index contributed by atoms with van der Waals surface area (Å²) in [5, 5.41) is 18.3. The molecule has 2 aromatic carbocycles. The number of aryl methyl sites for hydroxylation is 1. The molecule has 46 heavy (non-hydrogen) atoms. The highest BCUT2D eigenvalue weighted by atomic mass is 19.1. The number of benzene rings is 2. The number of nitrogens with zero attached hydrogens (tertiary/aromatic N) is 2. The third-order valence-corrected chi connectivity index (χ3v) is 8.52. The quantitative estimate of drug-likeness (QED) is 0.283. The lowest BCUT2D eigenvalue weighted by molar-refractivity contribution is -0.136. The van der Waals surface area contributed by atoms with Crippen molar-refractivity contribution in [3.63, 3.8) is 0 Å². The molecule has 0 saturated carbocycles. The van der Waals surface area contributed by atoms with E-state index in [2.05, 4.69) is 62.6 Å². The van der Waals surface area contributed by atoms with Crippen LogP contribution in [0, 0.1) is 18.2 Å². The Bertz CT molecular complexity index is 1360. The Morgan fingerprint density at radius 1 is 0.978 bits per heavy atom. The number of aliphatic hydroxyl groups is 1. The first kappa shape index (κ1) is 39.2. The van der Waals surface area contributed by atoms with Gasteiger partial charge in [-0.05, 0) is 112 Å². The second kappa shape index (κ2) is 17.3. The first-order valence-corrected chi connectivity index (χ1v) is 17.2. The topological polar surface area (TPSA) is 64.0 Å². The molecular weight excluding hydrogens is 575 g/mol. The van der Waals surface area contributed by atoms with Crippen molar-refractivity contribution in [3.05, 3.63) is 86.9 Å². The van der Waals surface area contributed by atoms with E-state index < -0.39 is 11.6 Å². The van der Waals surface area contributed by atoms with Crippen molar-refractivity contribution in [1.29, 1.82) is 0 Å². The molecule has 2 heterocycles. The van der Waals surface area contributed by atoms with E-state index in [-0.39, 0.29) is 12.2 Å². The first-order valence-electron chi connectivity index (χ1n) is 17.2. The van der Waals surface area contributed by atoms with E-state index in [1.807, 2.05) is 26.0 Å². The van der Waals surface area contributed by atoms with Gasteiger partial charge in [0.15, 0.2) is 0 Å². The molecular formula is C40H61FN2O3. The van der Waals surface area contributed by atoms with Gasteiger partial charge in [-0.3, -0.25) is 9.69 Å². The first-order chi connectivity index (χ1) is 21.5. The van der Waals surface area contributed by atoms with Crippen molar-refractivity contribution >= 4 is 11.5 Å². The third kappa shape index (κ3) is 12.0. The summed E-state index contributed by atoms with van der Waals surface area (Å²) in [5.41, 5.74) is 9.90. The molecule has 2 aliphatic heterocycles. The highest BCUT2D eigenvalue weighted by Crippen LogP contribution is 2.39. The van der Waals surface area contributed by atoms with E-state index in [9.17, 15) is 14.3 Å². The lowest BCUT2D eigenvalue weighted by Gasteiger charge is -2.41. The SMILES string of the molecule is CC.CC(C)(C)O.CC/C(CC(=O)O)=C(\C(=C(C)C)c1ccc2c(c1)CCN(Cc1ccc(C)c(F)c1)C2)N1CCC(C)(C)CC1. The zero-order chi connectivity index (χ0) is 34.8. The number of hydrogen-bond acceptors (Lipinski definition) is 4. The average molecular weight is 637 g/mol. The van der Waals surface area contributed by atoms with Gasteiger partial charge in [0.2, 0.25) is 0 Å². The average Bonchev–Trinajstić information content (AvgIpc) is 2.97. The van der Waals surface area contributed by atoms with Crippen LogP contribution < -0.4 is 0 Å². The Hall–Kier alpha value is -2.96. The minimum atomic E-state index is -0.770. The van der Waals surface area contributed by atoms with Gasteiger partial charge in [-0.2, -0.15) is 0 Å². The van der Waals surface area contributed by atoms with Gasteiger partial charge in [0.1, 0.15) is 5.82 Å². The number of aliphatic carboxylic acids is 1. The number of carbonyl (C=O) groups is 1. The Labute approximate surface area is 279 Å². The highest BCUT2D eigenvalue weighted by molar-refractivity contribution is 5.83. The normalized spacial score (nSPS) is 16.6. The number of carboxylic acids is 1. The summed E-state index contributed by atoms with van der Waals surface area (Å²) < 4.78 is 14.1. The molecule has 256 valence electrons. The molecule has 4 rings (SSSR count). The van der Waals surface area contributed by atoms with Crippen molar-refractivity contribution in [2.45, 2.75) is 127 Å². The molecule has 1 saturated heterocycles. The van der Waals surface area contributed by atoms with Crippen molar-refractivity contribution in [1.82, 2.24) is 9.80 Å². The maximum absolute atomic E-state index is 14.1. The van der Waals surface area contributed by atoms with Gasteiger partial charge in [-0.15, -0.1) is 0 Å². The van der Waals surface area contributed by atoms with Gasteiger partial charge in [0.05, 0.1) is 12.0 Å². The number of carboxylic acid groups (broad SMARTS) is 1. The molecule has 6 heteroatoms. The number of hydrogen-bond donors (Lipinski definition) is 2. The van der Waals surface area contributed by atoms with Crippen molar-refractivity contribution < 1.29 is 19.4 Å². The summed E-state index contributed by atoms with van der Waals surface area (Å²) >= 11 is 0. The Morgan fingerprint density at radius 3 is 2.11 bits per heavy atom. The van der Waals surface area contributed by atoms with E-state index in [1.54, 1.807) is 33.8 Å². The van der Waals surface area contributed by atoms with Crippen molar-refractivity contribution in [2.24, 2.45) is 5.41 Å². The Balaban J connectivity index is 0.000000959. The largest absolute Gasteiger partial charge is 0.481 e. The van der Waals surface area contributed by atoms with E-state index in [0.717, 1.165) is 75.2 Å². The predicted octanol–water partition coefficient (Wildman–Crippen LogP) is 9.55. The van der Waals surface area contributed by atoms with Crippen LogP contribution in [0.25, 0.3) is 5.57 Å². The van der Waals surface area contributed by atoms with Gasteiger partial charge < -0.3 is 15.1 Å². The molecule has 0 unspecified atom stereocenters. The minimum absolute atomic E-state index is 0.0714. The fraction of sp³-hybridized carbons (Fsp3) is 0.575. The summed E-state index contributed by atoms with van der Waals surface area (Å²) in [5.74, 6) is -0.909. The van der Waals surface area contributed by atoms with Crippen LogP contribution in [0.4, 0.5) is 4.39 Å². The van der Waals surface area contributed by atoms with Gasteiger partial charge in [-0.1, -0.05) is 70.5 Å². The minimum Gasteiger partial charge on any atom is -0.481 e. The smallest absolute Gasteiger partial charge is 0.307 e. The number of fused-ring (bicyclic) bond motifs is 1. The van der Waals surface area contributed by atoms with Gasteiger partial charge in [0.25, 0.3) is 0 Å². The van der Waals surface area contributed by atoms with Crippen LogP contribution in [0.1, 0.15) is 123 Å². The summed E-state index contributed by atoms with van der Waals surface area (Å²) in [6.07, 6.45) is 3.93. The predicted molar refractivity (Wildman–Crippen MR) is 191 cm³/mol. The number of allylic oxidation sites excluding steroid dienone is 2. The van der Waals surface area contributed by atoms with Crippen LogP contribution >= 0.6 is 0 Å². The second-order valence-electron chi connectivity index (χ2n) is 14.6. The molecule has 0 spiro atoms. The van der Waals surface area contributed by atoms with Gasteiger partial charge in [-0.25, -0.2) is 4.39 Å². The lowest BCUT2D eigenvalue weighted by Crippen LogP contribution is -2.38. The maximum atomic E-state index is 14.1. The van der Waals surface area contributed by atoms with E-state index in [0.29, 0.717) is 11.0 Å². The molecule has 2 N–H and O–H groups in total. The number of likely N-dealkylation sites (tertiary alicyclic amines) is 1. The number of rotatable bonds is 8. The second-order valence-corrected chi connectivity index (χ2v) is 14.6. The maximum Gasteiger partial charge on any atom is 0.307 e. The van der Waals surface area contributed by atoms with Gasteiger partial charge >= 0.3 is 5.97 Å². The van der Waals surface area contributed by atoms with Crippen LogP contribution in [-0.4, -0.2) is 51.2 Å². The van der Waals surface area contributed by atoms with Gasteiger partial charge in [0, 0.05) is 44.0 Å². The molecule has 0 radical (unpaired) electrons. The summed E-state index contributed by atoms with van der Waals surface area (Å²) in [7, 11) is 0. The van der Waals surface area contributed by atoms with Crippen LogP contribution in [-0.2, 0) is 24.3 Å². The zero-order valence-electron chi connectivity index (χ0n) is 30.6. The van der Waals surface area contributed by atoms with Crippen LogP contribution in [0.2, 0.25) is 0 Å². The summed E-state index contributed by atoms with van der Waals surface area (Å²) in [4.78, 5) is 16.7.